The molecule has 0 saturated heterocycles. The number of hydrogen-bond acceptors (Lipinski definition) is 2. The maximum atomic E-state index is 12.6. The number of hydrogen-bond donors (Lipinski definition) is 1. The van der Waals surface area contributed by atoms with Crippen LogP contribution in [0.4, 0.5) is 0 Å². The third kappa shape index (κ3) is 3.05. The summed E-state index contributed by atoms with van der Waals surface area (Å²) in [5.41, 5.74) is 3.18. The Morgan fingerprint density at radius 3 is 2.59 bits per heavy atom. The molecule has 0 heterocycles. The van der Waals surface area contributed by atoms with Crippen molar-refractivity contribution in [3.05, 3.63) is 64.2 Å². The van der Waals surface area contributed by atoms with E-state index in [4.69, 9.17) is 11.6 Å². The van der Waals surface area contributed by atoms with Gasteiger partial charge in [-0.15, -0.1) is 0 Å². The summed E-state index contributed by atoms with van der Waals surface area (Å²) in [6.07, 6.45) is 3.10. The van der Waals surface area contributed by atoms with Crippen LogP contribution in [-0.4, -0.2) is 8.42 Å². The van der Waals surface area contributed by atoms with Crippen molar-refractivity contribution in [2.75, 3.05) is 0 Å². The summed E-state index contributed by atoms with van der Waals surface area (Å²) in [6.45, 7) is 1.80. The number of benzene rings is 2. The number of aryl methyl sites for hydroxylation is 2. The predicted molar refractivity (Wildman–Crippen MR) is 88.7 cm³/mol. The fourth-order valence-electron chi connectivity index (χ4n) is 2.91. The maximum Gasteiger partial charge on any atom is 0.241 e. The molecule has 0 bridgehead atoms. The first-order valence-electron chi connectivity index (χ1n) is 7.36. The quantitative estimate of drug-likeness (QED) is 0.922. The number of fused-ring (bicyclic) bond motifs is 1. The molecule has 0 amide bonds. The molecule has 1 atom stereocenters. The molecule has 1 N–H and O–H groups in total. The van der Waals surface area contributed by atoms with Crippen molar-refractivity contribution in [2.45, 2.75) is 37.1 Å². The SMILES string of the molecule is CC(NS(=O)(=O)c1ccc2c(c1)CCC2)c1ccccc1Cl. The van der Waals surface area contributed by atoms with E-state index in [0.29, 0.717) is 9.92 Å². The molecule has 5 heteroatoms. The fourth-order valence-corrected chi connectivity index (χ4v) is 4.48. The van der Waals surface area contributed by atoms with Crippen molar-refractivity contribution in [3.63, 3.8) is 0 Å². The van der Waals surface area contributed by atoms with E-state index in [1.54, 1.807) is 25.1 Å². The Morgan fingerprint density at radius 2 is 1.82 bits per heavy atom. The lowest BCUT2D eigenvalue weighted by molar-refractivity contribution is 0.567. The van der Waals surface area contributed by atoms with Crippen molar-refractivity contribution in [3.8, 4) is 0 Å². The van der Waals surface area contributed by atoms with Crippen LogP contribution in [0.2, 0.25) is 5.02 Å². The van der Waals surface area contributed by atoms with Crippen molar-refractivity contribution in [1.29, 1.82) is 0 Å². The number of sulfonamides is 1. The van der Waals surface area contributed by atoms with Crippen molar-refractivity contribution in [2.24, 2.45) is 0 Å². The minimum atomic E-state index is -3.55. The Kier molecular flexibility index (Phi) is 4.26. The summed E-state index contributed by atoms with van der Waals surface area (Å²) in [6, 6.07) is 12.3. The first kappa shape index (κ1) is 15.5. The molecule has 1 aliphatic rings. The Hall–Kier alpha value is -1.36. The van der Waals surface area contributed by atoms with Gasteiger partial charge in [-0.1, -0.05) is 35.9 Å². The van der Waals surface area contributed by atoms with E-state index in [2.05, 4.69) is 4.72 Å². The Bertz CT molecular complexity index is 802. The zero-order valence-electron chi connectivity index (χ0n) is 12.3. The van der Waals surface area contributed by atoms with Crippen LogP contribution in [0, 0.1) is 0 Å². The topological polar surface area (TPSA) is 46.2 Å². The van der Waals surface area contributed by atoms with Gasteiger partial charge in [-0.25, -0.2) is 13.1 Å². The fraction of sp³-hybridized carbons (Fsp3) is 0.294. The number of nitrogens with one attached hydrogen (secondary N) is 1. The summed E-state index contributed by atoms with van der Waals surface area (Å²) in [5, 5.41) is 0.562. The number of halogens is 1. The van der Waals surface area contributed by atoms with Gasteiger partial charge in [0.25, 0.3) is 0 Å². The van der Waals surface area contributed by atoms with Gasteiger partial charge in [0.1, 0.15) is 0 Å². The third-order valence-corrected chi connectivity index (χ3v) is 5.97. The Labute approximate surface area is 136 Å². The monoisotopic (exact) mass is 335 g/mol. The van der Waals surface area contributed by atoms with Crippen LogP contribution in [0.1, 0.15) is 36.1 Å². The predicted octanol–water partition coefficient (Wildman–Crippen LogP) is 3.87. The zero-order valence-corrected chi connectivity index (χ0v) is 13.9. The van der Waals surface area contributed by atoms with E-state index in [1.165, 1.54) is 5.56 Å². The highest BCUT2D eigenvalue weighted by molar-refractivity contribution is 7.89. The molecule has 2 aromatic carbocycles. The number of rotatable bonds is 4. The second-order valence-electron chi connectivity index (χ2n) is 5.65. The highest BCUT2D eigenvalue weighted by Gasteiger charge is 2.21. The standard InChI is InChI=1S/C17H18ClNO2S/c1-12(16-7-2-3-8-17(16)18)19-22(20,21)15-10-9-13-5-4-6-14(13)11-15/h2-3,7-12,19H,4-6H2,1H3. The molecule has 1 aliphatic carbocycles. The molecule has 0 aliphatic heterocycles. The van der Waals surface area contributed by atoms with Gasteiger partial charge in [-0.2, -0.15) is 0 Å². The zero-order chi connectivity index (χ0) is 15.7. The lowest BCUT2D eigenvalue weighted by Crippen LogP contribution is -2.27. The second kappa shape index (κ2) is 6.03. The molecule has 0 aromatic heterocycles. The molecule has 3 rings (SSSR count). The minimum Gasteiger partial charge on any atom is -0.207 e. The first-order chi connectivity index (χ1) is 10.5. The first-order valence-corrected chi connectivity index (χ1v) is 9.22. The van der Waals surface area contributed by atoms with Gasteiger partial charge in [-0.3, -0.25) is 0 Å². The molecule has 3 nitrogen and oxygen atoms in total. The van der Waals surface area contributed by atoms with E-state index >= 15 is 0 Å². The molecule has 2 aromatic rings. The molecule has 0 fully saturated rings. The second-order valence-corrected chi connectivity index (χ2v) is 7.77. The third-order valence-electron chi connectivity index (χ3n) is 4.08. The maximum absolute atomic E-state index is 12.6. The highest BCUT2D eigenvalue weighted by atomic mass is 35.5. The van der Waals surface area contributed by atoms with Crippen molar-refractivity contribution in [1.82, 2.24) is 4.72 Å². The van der Waals surface area contributed by atoms with Gasteiger partial charge in [0.15, 0.2) is 0 Å². The molecule has 1 unspecified atom stereocenters. The molecule has 0 radical (unpaired) electrons. The van der Waals surface area contributed by atoms with Gasteiger partial charge >= 0.3 is 0 Å². The molecule has 22 heavy (non-hydrogen) atoms. The Balaban J connectivity index is 1.86. The molecular formula is C17H18ClNO2S. The summed E-state index contributed by atoms with van der Waals surface area (Å²) in [7, 11) is -3.55. The molecule has 0 saturated carbocycles. The van der Waals surface area contributed by atoms with Crippen LogP contribution < -0.4 is 4.72 Å². The van der Waals surface area contributed by atoms with Gasteiger partial charge in [0, 0.05) is 11.1 Å². The lowest BCUT2D eigenvalue weighted by atomic mass is 10.1. The van der Waals surface area contributed by atoms with E-state index in [0.717, 1.165) is 30.4 Å². The van der Waals surface area contributed by atoms with Crippen LogP contribution >= 0.6 is 11.6 Å². The van der Waals surface area contributed by atoms with Gasteiger partial charge < -0.3 is 0 Å². The minimum absolute atomic E-state index is 0.326. The van der Waals surface area contributed by atoms with E-state index in [9.17, 15) is 8.42 Å². The van der Waals surface area contributed by atoms with Crippen LogP contribution in [0.25, 0.3) is 0 Å². The van der Waals surface area contributed by atoms with E-state index in [1.807, 2.05) is 24.3 Å². The normalized spacial score (nSPS) is 15.5. The van der Waals surface area contributed by atoms with Gasteiger partial charge in [0.05, 0.1) is 4.90 Å². The van der Waals surface area contributed by atoms with E-state index < -0.39 is 10.0 Å². The molecular weight excluding hydrogens is 318 g/mol. The van der Waals surface area contributed by atoms with Gasteiger partial charge in [-0.05, 0) is 61.1 Å². The van der Waals surface area contributed by atoms with Crippen LogP contribution in [-0.2, 0) is 22.9 Å². The highest BCUT2D eigenvalue weighted by Crippen LogP contribution is 2.27. The lowest BCUT2D eigenvalue weighted by Gasteiger charge is -2.16. The largest absolute Gasteiger partial charge is 0.241 e. The van der Waals surface area contributed by atoms with Crippen molar-refractivity contribution >= 4 is 21.6 Å². The smallest absolute Gasteiger partial charge is 0.207 e. The van der Waals surface area contributed by atoms with Crippen molar-refractivity contribution < 1.29 is 8.42 Å². The summed E-state index contributed by atoms with van der Waals surface area (Å²) >= 11 is 6.14. The summed E-state index contributed by atoms with van der Waals surface area (Å²) in [5.74, 6) is 0. The van der Waals surface area contributed by atoms with Crippen LogP contribution in [0.5, 0.6) is 0 Å². The van der Waals surface area contributed by atoms with Crippen LogP contribution in [0.3, 0.4) is 0 Å². The molecule has 116 valence electrons. The molecule has 0 spiro atoms. The van der Waals surface area contributed by atoms with Gasteiger partial charge in [0.2, 0.25) is 10.0 Å². The summed E-state index contributed by atoms with van der Waals surface area (Å²) < 4.78 is 27.9. The average Bonchev–Trinajstić information content (AvgIpc) is 2.94. The average molecular weight is 336 g/mol. The van der Waals surface area contributed by atoms with Crippen LogP contribution in [0.15, 0.2) is 47.4 Å². The van der Waals surface area contributed by atoms with E-state index in [-0.39, 0.29) is 6.04 Å². The Morgan fingerprint density at radius 1 is 1.09 bits per heavy atom. The summed E-state index contributed by atoms with van der Waals surface area (Å²) in [4.78, 5) is 0.326.